The quantitative estimate of drug-likeness (QED) is 0.644. The van der Waals surface area contributed by atoms with Gasteiger partial charge in [-0.2, -0.15) is 0 Å². The number of benzene rings is 1. The summed E-state index contributed by atoms with van der Waals surface area (Å²) in [7, 11) is 0. The van der Waals surface area contributed by atoms with Gasteiger partial charge in [-0.25, -0.2) is 0 Å². The van der Waals surface area contributed by atoms with E-state index in [9.17, 15) is 20.0 Å². The Morgan fingerprint density at radius 2 is 2.35 bits per heavy atom. The molecular formula is C13H16N2O5. The Morgan fingerprint density at radius 3 is 2.95 bits per heavy atom. The van der Waals surface area contributed by atoms with Crippen molar-refractivity contribution in [2.24, 2.45) is 0 Å². The normalized spacial score (nSPS) is 21.6. The van der Waals surface area contributed by atoms with Gasteiger partial charge in [0.05, 0.1) is 10.5 Å². The third-order valence-corrected chi connectivity index (χ3v) is 3.34. The van der Waals surface area contributed by atoms with Crippen LogP contribution in [-0.2, 0) is 4.74 Å². The Balaban J connectivity index is 2.12. The van der Waals surface area contributed by atoms with Crippen molar-refractivity contribution in [1.29, 1.82) is 0 Å². The van der Waals surface area contributed by atoms with Crippen LogP contribution >= 0.6 is 0 Å². The van der Waals surface area contributed by atoms with Gasteiger partial charge in [-0.1, -0.05) is 0 Å². The first-order valence-electron chi connectivity index (χ1n) is 6.31. The summed E-state index contributed by atoms with van der Waals surface area (Å²) in [5.41, 5.74) is -0.921. The molecule has 2 N–H and O–H groups in total. The first-order valence-corrected chi connectivity index (χ1v) is 6.31. The van der Waals surface area contributed by atoms with Crippen molar-refractivity contribution in [3.05, 3.63) is 33.9 Å². The molecule has 108 valence electrons. The average molecular weight is 280 g/mol. The van der Waals surface area contributed by atoms with E-state index in [0.29, 0.717) is 6.61 Å². The SMILES string of the molecule is CC1(CNC(=O)c2cc(O)ccc2[N+](=O)[O-])CCCO1. The maximum Gasteiger partial charge on any atom is 0.282 e. The molecule has 1 unspecified atom stereocenters. The Morgan fingerprint density at radius 1 is 1.60 bits per heavy atom. The van der Waals surface area contributed by atoms with Crippen LogP contribution in [0.5, 0.6) is 5.75 Å². The number of rotatable bonds is 4. The fraction of sp³-hybridized carbons (Fsp3) is 0.462. The fourth-order valence-electron chi connectivity index (χ4n) is 2.20. The van der Waals surface area contributed by atoms with Gasteiger partial charge in [0.15, 0.2) is 0 Å². The smallest absolute Gasteiger partial charge is 0.282 e. The number of carbonyl (C=O) groups excluding carboxylic acids is 1. The first-order chi connectivity index (χ1) is 9.41. The maximum atomic E-state index is 12.0. The highest BCUT2D eigenvalue weighted by atomic mass is 16.6. The van der Waals surface area contributed by atoms with Crippen LogP contribution in [-0.4, -0.2) is 34.7 Å². The van der Waals surface area contributed by atoms with Gasteiger partial charge in [0, 0.05) is 19.2 Å². The summed E-state index contributed by atoms with van der Waals surface area (Å²) in [6.45, 7) is 2.81. The maximum absolute atomic E-state index is 12.0. The predicted molar refractivity (Wildman–Crippen MR) is 70.7 cm³/mol. The zero-order valence-electron chi connectivity index (χ0n) is 11.1. The van der Waals surface area contributed by atoms with Crippen LogP contribution in [0.3, 0.4) is 0 Å². The zero-order chi connectivity index (χ0) is 14.8. The van der Waals surface area contributed by atoms with Gasteiger partial charge in [0.2, 0.25) is 0 Å². The van der Waals surface area contributed by atoms with Crippen molar-refractivity contribution in [1.82, 2.24) is 5.32 Å². The number of ether oxygens (including phenoxy) is 1. The van der Waals surface area contributed by atoms with E-state index in [-0.39, 0.29) is 23.5 Å². The largest absolute Gasteiger partial charge is 0.508 e. The molecule has 1 saturated heterocycles. The summed E-state index contributed by atoms with van der Waals surface area (Å²) in [6.07, 6.45) is 1.76. The number of nitro benzene ring substituents is 1. The molecule has 1 amide bonds. The predicted octanol–water partition coefficient (Wildman–Crippen LogP) is 1.60. The molecule has 1 aromatic rings. The second kappa shape index (κ2) is 5.46. The molecule has 7 nitrogen and oxygen atoms in total. The van der Waals surface area contributed by atoms with Crippen LogP contribution in [0, 0.1) is 10.1 Å². The van der Waals surface area contributed by atoms with Gasteiger partial charge in [-0.15, -0.1) is 0 Å². The highest BCUT2D eigenvalue weighted by molar-refractivity contribution is 5.98. The molecule has 2 rings (SSSR count). The summed E-state index contributed by atoms with van der Waals surface area (Å²) in [5, 5.41) is 22.9. The third kappa shape index (κ3) is 3.05. The number of nitrogens with zero attached hydrogens (tertiary/aromatic N) is 1. The number of hydrogen-bond donors (Lipinski definition) is 2. The minimum atomic E-state index is -0.651. The monoisotopic (exact) mass is 280 g/mol. The van der Waals surface area contributed by atoms with E-state index in [1.54, 1.807) is 0 Å². The molecule has 1 aliphatic heterocycles. The summed E-state index contributed by atoms with van der Waals surface area (Å²) >= 11 is 0. The lowest BCUT2D eigenvalue weighted by Gasteiger charge is -2.23. The number of phenols is 1. The fourth-order valence-corrected chi connectivity index (χ4v) is 2.20. The molecule has 1 atom stereocenters. The van der Waals surface area contributed by atoms with E-state index in [2.05, 4.69) is 5.32 Å². The topological polar surface area (TPSA) is 102 Å². The molecule has 0 spiro atoms. The van der Waals surface area contributed by atoms with E-state index in [1.807, 2.05) is 6.92 Å². The molecule has 0 bridgehead atoms. The van der Waals surface area contributed by atoms with Crippen LogP contribution in [0.15, 0.2) is 18.2 Å². The lowest BCUT2D eigenvalue weighted by atomic mass is 10.0. The van der Waals surface area contributed by atoms with Crippen molar-refractivity contribution >= 4 is 11.6 Å². The Kier molecular flexibility index (Phi) is 3.89. The molecule has 20 heavy (non-hydrogen) atoms. The van der Waals surface area contributed by atoms with Gasteiger partial charge in [-0.05, 0) is 31.9 Å². The van der Waals surface area contributed by atoms with Crippen LogP contribution in [0.1, 0.15) is 30.1 Å². The third-order valence-electron chi connectivity index (χ3n) is 3.34. The second-order valence-electron chi connectivity index (χ2n) is 5.04. The Hall–Kier alpha value is -2.15. The van der Waals surface area contributed by atoms with Gasteiger partial charge in [-0.3, -0.25) is 14.9 Å². The molecule has 1 aromatic carbocycles. The zero-order valence-corrected chi connectivity index (χ0v) is 11.1. The number of hydrogen-bond acceptors (Lipinski definition) is 5. The number of aromatic hydroxyl groups is 1. The number of amides is 1. The summed E-state index contributed by atoms with van der Waals surface area (Å²) in [4.78, 5) is 22.3. The summed E-state index contributed by atoms with van der Waals surface area (Å²) in [6, 6.07) is 3.37. The standard InChI is InChI=1S/C13H16N2O5/c1-13(5-2-6-20-13)8-14-12(17)10-7-9(16)3-4-11(10)15(18)19/h3-4,7,16H,2,5-6,8H2,1H3,(H,14,17). The number of phenolic OH excluding ortho intramolecular Hbond substituents is 1. The van der Waals surface area contributed by atoms with E-state index >= 15 is 0 Å². The van der Waals surface area contributed by atoms with Crippen molar-refractivity contribution in [2.75, 3.05) is 13.2 Å². The van der Waals surface area contributed by atoms with Crippen molar-refractivity contribution in [3.8, 4) is 5.75 Å². The summed E-state index contributed by atoms with van der Waals surface area (Å²) in [5.74, 6) is -0.784. The Labute approximate surface area is 115 Å². The van der Waals surface area contributed by atoms with Crippen molar-refractivity contribution in [2.45, 2.75) is 25.4 Å². The van der Waals surface area contributed by atoms with Gasteiger partial charge >= 0.3 is 0 Å². The lowest BCUT2D eigenvalue weighted by Crippen LogP contribution is -2.40. The molecule has 7 heteroatoms. The summed E-state index contributed by atoms with van der Waals surface area (Å²) < 4.78 is 5.53. The van der Waals surface area contributed by atoms with E-state index in [0.717, 1.165) is 25.0 Å². The molecule has 1 fully saturated rings. The highest BCUT2D eigenvalue weighted by Gasteiger charge is 2.31. The first kappa shape index (κ1) is 14.3. The molecule has 0 saturated carbocycles. The van der Waals surface area contributed by atoms with E-state index in [4.69, 9.17) is 4.74 Å². The number of nitro groups is 1. The van der Waals surface area contributed by atoms with E-state index < -0.39 is 16.4 Å². The van der Waals surface area contributed by atoms with Crippen molar-refractivity contribution in [3.63, 3.8) is 0 Å². The van der Waals surface area contributed by atoms with Crippen LogP contribution in [0.2, 0.25) is 0 Å². The minimum absolute atomic E-state index is 0.156. The highest BCUT2D eigenvalue weighted by Crippen LogP contribution is 2.26. The second-order valence-corrected chi connectivity index (χ2v) is 5.04. The minimum Gasteiger partial charge on any atom is -0.508 e. The molecule has 1 heterocycles. The van der Waals surface area contributed by atoms with Crippen LogP contribution < -0.4 is 5.32 Å². The molecule has 0 aliphatic carbocycles. The number of carbonyl (C=O) groups is 1. The molecular weight excluding hydrogens is 264 g/mol. The average Bonchev–Trinajstić information content (AvgIpc) is 2.83. The lowest BCUT2D eigenvalue weighted by molar-refractivity contribution is -0.385. The van der Waals surface area contributed by atoms with Crippen LogP contribution in [0.4, 0.5) is 5.69 Å². The molecule has 0 radical (unpaired) electrons. The van der Waals surface area contributed by atoms with Crippen molar-refractivity contribution < 1.29 is 19.6 Å². The van der Waals surface area contributed by atoms with Gasteiger partial charge in [0.1, 0.15) is 11.3 Å². The van der Waals surface area contributed by atoms with Gasteiger partial charge in [0.25, 0.3) is 11.6 Å². The number of nitrogens with one attached hydrogen (secondary N) is 1. The molecule has 1 aliphatic rings. The Bertz CT molecular complexity index is 538. The molecule has 0 aromatic heterocycles. The van der Waals surface area contributed by atoms with E-state index in [1.165, 1.54) is 6.07 Å². The van der Waals surface area contributed by atoms with Gasteiger partial charge < -0.3 is 15.2 Å². The van der Waals surface area contributed by atoms with Crippen LogP contribution in [0.25, 0.3) is 0 Å².